The Labute approximate surface area is 168 Å². The molecule has 1 amide bonds. The summed E-state index contributed by atoms with van der Waals surface area (Å²) in [7, 11) is 1.67. The van der Waals surface area contributed by atoms with Crippen molar-refractivity contribution >= 4 is 33.1 Å². The van der Waals surface area contributed by atoms with Crippen LogP contribution in [0.5, 0.6) is 5.75 Å². The molecule has 0 saturated carbocycles. The summed E-state index contributed by atoms with van der Waals surface area (Å²) < 4.78 is 12.1. The monoisotopic (exact) mass is 397 g/mol. The number of aromatic nitrogens is 1. The molecule has 1 aliphatic rings. The topological polar surface area (TPSA) is 54.9 Å². The second-order valence-electron chi connectivity index (χ2n) is 6.64. The number of methoxy groups -OCH3 is 1. The highest BCUT2D eigenvalue weighted by atomic mass is 32.1. The predicted molar refractivity (Wildman–Crippen MR) is 111 cm³/mol. The molecule has 146 valence electrons. The number of ether oxygens (including phenoxy) is 2. The van der Waals surface area contributed by atoms with E-state index in [1.807, 2.05) is 47.4 Å². The lowest BCUT2D eigenvalue weighted by Gasteiger charge is -2.36. The van der Waals surface area contributed by atoms with Gasteiger partial charge in [0.1, 0.15) is 17.4 Å². The van der Waals surface area contributed by atoms with Crippen LogP contribution in [0.15, 0.2) is 48.5 Å². The van der Waals surface area contributed by atoms with Gasteiger partial charge < -0.3 is 19.3 Å². The van der Waals surface area contributed by atoms with Gasteiger partial charge in [-0.15, -0.1) is 11.3 Å². The Kier molecular flexibility index (Phi) is 5.73. The first kappa shape index (κ1) is 18.7. The number of rotatable bonds is 6. The third-order valence-electron chi connectivity index (χ3n) is 4.84. The van der Waals surface area contributed by atoms with Crippen molar-refractivity contribution in [1.29, 1.82) is 0 Å². The van der Waals surface area contributed by atoms with E-state index in [0.717, 1.165) is 39.8 Å². The Morgan fingerprint density at radius 3 is 2.71 bits per heavy atom. The molecule has 0 unspecified atom stereocenters. The molecular formula is C21H23N3O3S. The van der Waals surface area contributed by atoms with Crippen LogP contribution in [0.2, 0.25) is 0 Å². The smallest absolute Gasteiger partial charge is 0.248 e. The molecule has 6 nitrogen and oxygen atoms in total. The van der Waals surface area contributed by atoms with E-state index in [1.54, 1.807) is 18.4 Å². The van der Waals surface area contributed by atoms with E-state index >= 15 is 0 Å². The third kappa shape index (κ3) is 4.26. The number of anilines is 1. The van der Waals surface area contributed by atoms with Crippen molar-refractivity contribution in [3.05, 3.63) is 53.5 Å². The number of hydrogen-bond acceptors (Lipinski definition) is 6. The zero-order chi connectivity index (χ0) is 19.3. The van der Waals surface area contributed by atoms with Crippen LogP contribution in [0.1, 0.15) is 5.01 Å². The van der Waals surface area contributed by atoms with E-state index in [4.69, 9.17) is 9.47 Å². The number of amides is 1. The van der Waals surface area contributed by atoms with Crippen LogP contribution in [-0.4, -0.2) is 55.7 Å². The molecule has 28 heavy (non-hydrogen) atoms. The quantitative estimate of drug-likeness (QED) is 0.640. The Balaban J connectivity index is 1.24. The highest BCUT2D eigenvalue weighted by Crippen LogP contribution is 2.23. The van der Waals surface area contributed by atoms with E-state index in [9.17, 15) is 4.79 Å². The number of nitrogens with zero attached hydrogens (tertiary/aromatic N) is 3. The van der Waals surface area contributed by atoms with Crippen LogP contribution >= 0.6 is 11.3 Å². The molecule has 2 aromatic carbocycles. The van der Waals surface area contributed by atoms with Gasteiger partial charge in [-0.25, -0.2) is 4.98 Å². The molecule has 0 N–H and O–H groups in total. The lowest BCUT2D eigenvalue weighted by atomic mass is 10.2. The minimum absolute atomic E-state index is 0.0337. The van der Waals surface area contributed by atoms with Gasteiger partial charge in [-0.1, -0.05) is 18.2 Å². The summed E-state index contributed by atoms with van der Waals surface area (Å²) in [4.78, 5) is 21.1. The fourth-order valence-electron chi connectivity index (χ4n) is 3.32. The molecule has 3 aromatic rings. The zero-order valence-electron chi connectivity index (χ0n) is 15.8. The number of thiazole rings is 1. The number of fused-ring (bicyclic) bond motifs is 1. The van der Waals surface area contributed by atoms with Crippen LogP contribution in [0.3, 0.4) is 0 Å². The van der Waals surface area contributed by atoms with Gasteiger partial charge in [0.05, 0.1) is 23.9 Å². The first-order valence-corrected chi connectivity index (χ1v) is 10.1. The largest absolute Gasteiger partial charge is 0.497 e. The van der Waals surface area contributed by atoms with Crippen molar-refractivity contribution in [2.24, 2.45) is 0 Å². The fourth-order valence-corrected chi connectivity index (χ4v) is 4.22. The maximum Gasteiger partial charge on any atom is 0.248 e. The average Bonchev–Trinajstić information content (AvgIpc) is 3.16. The highest BCUT2D eigenvalue weighted by molar-refractivity contribution is 7.18. The Bertz CT molecular complexity index is 918. The van der Waals surface area contributed by atoms with Crippen molar-refractivity contribution in [3.8, 4) is 5.75 Å². The maximum atomic E-state index is 12.4. The third-order valence-corrected chi connectivity index (χ3v) is 5.85. The minimum atomic E-state index is 0.0337. The first-order valence-electron chi connectivity index (χ1n) is 9.32. The lowest BCUT2D eigenvalue weighted by Crippen LogP contribution is -2.49. The SMILES string of the molecule is COc1cccc(N2CCN(C(=O)COCc3nc4ccccc4s3)CC2)c1. The Hall–Kier alpha value is -2.64. The zero-order valence-corrected chi connectivity index (χ0v) is 16.7. The van der Waals surface area contributed by atoms with Crippen LogP contribution in [0.25, 0.3) is 10.2 Å². The molecule has 1 fully saturated rings. The first-order chi connectivity index (χ1) is 13.7. The van der Waals surface area contributed by atoms with Gasteiger partial charge in [0.25, 0.3) is 0 Å². The molecule has 0 radical (unpaired) electrons. The van der Waals surface area contributed by atoms with Crippen molar-refractivity contribution < 1.29 is 14.3 Å². The standard InChI is InChI=1S/C21H23N3O3S/c1-26-17-6-4-5-16(13-17)23-9-11-24(12-10-23)21(25)15-27-14-20-22-18-7-2-3-8-19(18)28-20/h2-8,13H,9-12,14-15H2,1H3. The lowest BCUT2D eigenvalue weighted by molar-refractivity contribution is -0.136. The molecule has 1 aliphatic heterocycles. The van der Waals surface area contributed by atoms with E-state index in [0.29, 0.717) is 19.7 Å². The van der Waals surface area contributed by atoms with Crippen molar-refractivity contribution in [2.45, 2.75) is 6.61 Å². The number of carbonyl (C=O) groups is 1. The minimum Gasteiger partial charge on any atom is -0.497 e. The van der Waals surface area contributed by atoms with Crippen molar-refractivity contribution in [2.75, 3.05) is 44.8 Å². The van der Waals surface area contributed by atoms with Crippen LogP contribution in [-0.2, 0) is 16.1 Å². The van der Waals surface area contributed by atoms with E-state index in [2.05, 4.69) is 16.0 Å². The summed E-state index contributed by atoms with van der Waals surface area (Å²) in [6, 6.07) is 16.0. The molecule has 0 bridgehead atoms. The van der Waals surface area contributed by atoms with Gasteiger partial charge in [0.15, 0.2) is 0 Å². The number of hydrogen-bond donors (Lipinski definition) is 0. The summed E-state index contributed by atoms with van der Waals surface area (Å²) in [5.41, 5.74) is 2.10. The molecule has 2 heterocycles. The summed E-state index contributed by atoms with van der Waals surface area (Å²) in [6.45, 7) is 3.46. The van der Waals surface area contributed by atoms with Crippen molar-refractivity contribution in [3.63, 3.8) is 0 Å². The average molecular weight is 398 g/mol. The summed E-state index contributed by atoms with van der Waals surface area (Å²) in [5, 5.41) is 0.900. The molecule has 7 heteroatoms. The molecule has 4 rings (SSSR count). The van der Waals surface area contributed by atoms with E-state index in [1.165, 1.54) is 0 Å². The summed E-state index contributed by atoms with van der Waals surface area (Å²) >= 11 is 1.61. The number of piperazine rings is 1. The Morgan fingerprint density at radius 1 is 1.11 bits per heavy atom. The molecule has 1 aromatic heterocycles. The molecule has 0 spiro atoms. The van der Waals surface area contributed by atoms with Gasteiger partial charge in [0, 0.05) is 37.9 Å². The van der Waals surface area contributed by atoms with E-state index in [-0.39, 0.29) is 12.5 Å². The van der Waals surface area contributed by atoms with Gasteiger partial charge in [-0.05, 0) is 24.3 Å². The van der Waals surface area contributed by atoms with Crippen LogP contribution in [0, 0.1) is 0 Å². The van der Waals surface area contributed by atoms with Gasteiger partial charge in [-0.3, -0.25) is 4.79 Å². The van der Waals surface area contributed by atoms with Gasteiger partial charge in [0.2, 0.25) is 5.91 Å². The second kappa shape index (κ2) is 8.58. The normalized spacial score (nSPS) is 14.5. The predicted octanol–water partition coefficient (Wildman–Crippen LogP) is 3.17. The molecular weight excluding hydrogens is 374 g/mol. The second-order valence-corrected chi connectivity index (χ2v) is 7.75. The number of carbonyl (C=O) groups excluding carboxylic acids is 1. The molecule has 1 saturated heterocycles. The van der Waals surface area contributed by atoms with Crippen LogP contribution in [0.4, 0.5) is 5.69 Å². The number of para-hydroxylation sites is 1. The summed E-state index contributed by atoms with van der Waals surface area (Å²) in [6.07, 6.45) is 0. The fraction of sp³-hybridized carbons (Fsp3) is 0.333. The highest BCUT2D eigenvalue weighted by Gasteiger charge is 2.21. The Morgan fingerprint density at radius 2 is 1.93 bits per heavy atom. The summed E-state index contributed by atoms with van der Waals surface area (Å²) in [5.74, 6) is 0.880. The molecule has 0 atom stereocenters. The van der Waals surface area contributed by atoms with Gasteiger partial charge >= 0.3 is 0 Å². The maximum absolute atomic E-state index is 12.4. The van der Waals surface area contributed by atoms with Gasteiger partial charge in [-0.2, -0.15) is 0 Å². The number of benzene rings is 2. The van der Waals surface area contributed by atoms with E-state index < -0.39 is 0 Å². The van der Waals surface area contributed by atoms with Crippen LogP contribution < -0.4 is 9.64 Å². The molecule has 0 aliphatic carbocycles. The van der Waals surface area contributed by atoms with Crippen molar-refractivity contribution in [1.82, 2.24) is 9.88 Å².